The van der Waals surface area contributed by atoms with Gasteiger partial charge in [0.15, 0.2) is 0 Å². The first kappa shape index (κ1) is 16.9. The van der Waals surface area contributed by atoms with Crippen LogP contribution in [0.1, 0.15) is 29.8 Å². The molecule has 0 spiro atoms. The number of amides is 1. The maximum atomic E-state index is 13.1. The predicted octanol–water partition coefficient (Wildman–Crippen LogP) is 2.98. The highest BCUT2D eigenvalue weighted by Crippen LogP contribution is 2.15. The summed E-state index contributed by atoms with van der Waals surface area (Å²) in [7, 11) is 1.64. The molecule has 0 saturated heterocycles. The molecule has 0 saturated carbocycles. The van der Waals surface area contributed by atoms with E-state index in [2.05, 4.69) is 4.98 Å². The van der Waals surface area contributed by atoms with E-state index in [0.717, 1.165) is 10.9 Å². The second-order valence-electron chi connectivity index (χ2n) is 6.35. The molecule has 0 radical (unpaired) electrons. The molecule has 0 fully saturated rings. The van der Waals surface area contributed by atoms with Crippen LogP contribution in [0.3, 0.4) is 0 Å². The fraction of sp³-hybridized carbons (Fsp3) is 0.250. The zero-order valence-electron chi connectivity index (χ0n) is 14.6. The van der Waals surface area contributed by atoms with Crippen LogP contribution in [0, 0.1) is 0 Å². The van der Waals surface area contributed by atoms with Gasteiger partial charge in [-0.3, -0.25) is 14.2 Å². The van der Waals surface area contributed by atoms with Crippen LogP contribution in [0.4, 0.5) is 0 Å². The van der Waals surface area contributed by atoms with Gasteiger partial charge in [-0.15, -0.1) is 0 Å². The fourth-order valence-electron chi connectivity index (χ4n) is 2.87. The Kier molecular flexibility index (Phi) is 4.65. The lowest BCUT2D eigenvalue weighted by Crippen LogP contribution is -2.40. The summed E-state index contributed by atoms with van der Waals surface area (Å²) >= 11 is 0. The summed E-state index contributed by atoms with van der Waals surface area (Å²) in [5.74, 6) is -0.259. The number of carbonyl (C=O) groups excluding carboxylic acids is 1. The molecule has 1 aromatic carbocycles. The number of hydrogen-bond acceptors (Lipinski definition) is 3. The topological polar surface area (TPSA) is 55.2 Å². The van der Waals surface area contributed by atoms with Crippen molar-refractivity contribution >= 4 is 16.9 Å². The van der Waals surface area contributed by atoms with Crippen molar-refractivity contribution in [3.05, 3.63) is 76.2 Å². The standard InChI is InChI=1S/C20H21N3O2/c1-14(2)23(13-15-8-5-4-6-9-15)20(25)17-12-16-10-7-11-21-18(16)22(3)19(17)24/h4-12,14H,13H2,1-3H3. The first-order valence-corrected chi connectivity index (χ1v) is 8.28. The molecule has 5 heteroatoms. The van der Waals surface area contributed by atoms with Crippen LogP contribution in [-0.4, -0.2) is 26.4 Å². The molecule has 0 atom stereocenters. The van der Waals surface area contributed by atoms with Gasteiger partial charge in [0.1, 0.15) is 11.2 Å². The molecule has 128 valence electrons. The summed E-state index contributed by atoms with van der Waals surface area (Å²) in [6.45, 7) is 4.37. The molecule has 1 amide bonds. The van der Waals surface area contributed by atoms with Gasteiger partial charge < -0.3 is 4.90 Å². The Morgan fingerprint density at radius 2 is 1.88 bits per heavy atom. The van der Waals surface area contributed by atoms with Crippen molar-refractivity contribution < 1.29 is 4.79 Å². The van der Waals surface area contributed by atoms with Crippen LogP contribution in [0.15, 0.2) is 59.5 Å². The molecule has 2 heterocycles. The predicted molar refractivity (Wildman–Crippen MR) is 98.4 cm³/mol. The van der Waals surface area contributed by atoms with Gasteiger partial charge >= 0.3 is 0 Å². The molecule has 0 aliphatic carbocycles. The van der Waals surface area contributed by atoms with Gasteiger partial charge in [-0.05, 0) is 37.6 Å². The van der Waals surface area contributed by atoms with E-state index in [1.165, 1.54) is 4.57 Å². The number of aryl methyl sites for hydroxylation is 1. The molecule has 3 aromatic rings. The van der Waals surface area contributed by atoms with Crippen molar-refractivity contribution in [3.8, 4) is 0 Å². The minimum Gasteiger partial charge on any atom is -0.332 e. The highest BCUT2D eigenvalue weighted by Gasteiger charge is 2.23. The number of fused-ring (bicyclic) bond motifs is 1. The van der Waals surface area contributed by atoms with Crippen LogP contribution in [-0.2, 0) is 13.6 Å². The van der Waals surface area contributed by atoms with E-state index in [1.54, 1.807) is 30.3 Å². The Labute approximate surface area is 146 Å². The van der Waals surface area contributed by atoms with Crippen LogP contribution >= 0.6 is 0 Å². The summed E-state index contributed by atoms with van der Waals surface area (Å²) in [6, 6.07) is 15.1. The Balaban J connectivity index is 2.04. The van der Waals surface area contributed by atoms with Crippen LogP contribution in [0.25, 0.3) is 11.0 Å². The molecule has 0 aliphatic heterocycles. The number of pyridine rings is 2. The van der Waals surface area contributed by atoms with Gasteiger partial charge in [-0.25, -0.2) is 4.98 Å². The number of carbonyl (C=O) groups is 1. The Bertz CT molecular complexity index is 962. The van der Waals surface area contributed by atoms with Crippen molar-refractivity contribution in [1.29, 1.82) is 0 Å². The van der Waals surface area contributed by atoms with Gasteiger partial charge in [0.05, 0.1) is 0 Å². The molecule has 2 aromatic heterocycles. The molecule has 25 heavy (non-hydrogen) atoms. The maximum Gasteiger partial charge on any atom is 0.264 e. The highest BCUT2D eigenvalue weighted by atomic mass is 16.2. The van der Waals surface area contributed by atoms with Gasteiger partial charge in [0.2, 0.25) is 0 Å². The third-order valence-corrected chi connectivity index (χ3v) is 4.28. The van der Waals surface area contributed by atoms with Crippen LogP contribution in [0.2, 0.25) is 0 Å². The van der Waals surface area contributed by atoms with Crippen molar-refractivity contribution in [3.63, 3.8) is 0 Å². The second-order valence-corrected chi connectivity index (χ2v) is 6.35. The zero-order valence-corrected chi connectivity index (χ0v) is 14.6. The summed E-state index contributed by atoms with van der Waals surface area (Å²) in [5.41, 5.74) is 1.45. The van der Waals surface area contributed by atoms with Gasteiger partial charge in [0, 0.05) is 31.2 Å². The molecule has 5 nitrogen and oxygen atoms in total. The molecule has 0 aliphatic rings. The number of rotatable bonds is 4. The first-order chi connectivity index (χ1) is 12.0. The number of hydrogen-bond donors (Lipinski definition) is 0. The number of aromatic nitrogens is 2. The van der Waals surface area contributed by atoms with Gasteiger partial charge in [-0.2, -0.15) is 0 Å². The lowest BCUT2D eigenvalue weighted by atomic mass is 10.1. The normalized spacial score (nSPS) is 11.0. The van der Waals surface area contributed by atoms with Crippen molar-refractivity contribution in [1.82, 2.24) is 14.5 Å². The Morgan fingerprint density at radius 3 is 2.56 bits per heavy atom. The molecule has 0 bridgehead atoms. The van der Waals surface area contributed by atoms with Crippen molar-refractivity contribution in [2.24, 2.45) is 7.05 Å². The second kappa shape index (κ2) is 6.89. The molecule has 0 unspecified atom stereocenters. The van der Waals surface area contributed by atoms with E-state index in [-0.39, 0.29) is 23.1 Å². The summed E-state index contributed by atoms with van der Waals surface area (Å²) < 4.78 is 1.43. The average Bonchev–Trinajstić information content (AvgIpc) is 2.63. The quantitative estimate of drug-likeness (QED) is 0.736. The third-order valence-electron chi connectivity index (χ3n) is 4.28. The average molecular weight is 335 g/mol. The Morgan fingerprint density at radius 1 is 1.16 bits per heavy atom. The third kappa shape index (κ3) is 3.31. The first-order valence-electron chi connectivity index (χ1n) is 8.28. The minimum atomic E-state index is -0.324. The highest BCUT2D eigenvalue weighted by molar-refractivity contribution is 5.97. The Hall–Kier alpha value is -2.95. The molecular weight excluding hydrogens is 314 g/mol. The maximum absolute atomic E-state index is 13.1. The van der Waals surface area contributed by atoms with E-state index in [4.69, 9.17) is 0 Å². The van der Waals surface area contributed by atoms with Crippen LogP contribution < -0.4 is 5.56 Å². The lowest BCUT2D eigenvalue weighted by molar-refractivity contribution is 0.0688. The minimum absolute atomic E-state index is 0.0259. The van der Waals surface area contributed by atoms with Crippen LogP contribution in [0.5, 0.6) is 0 Å². The molecule has 3 rings (SSSR count). The fourth-order valence-corrected chi connectivity index (χ4v) is 2.87. The number of benzene rings is 1. The summed E-state index contributed by atoms with van der Waals surface area (Å²) in [4.78, 5) is 31.7. The van der Waals surface area contributed by atoms with Crippen molar-refractivity contribution in [2.45, 2.75) is 26.4 Å². The lowest BCUT2D eigenvalue weighted by Gasteiger charge is -2.27. The number of nitrogens with zero attached hydrogens (tertiary/aromatic N) is 3. The largest absolute Gasteiger partial charge is 0.332 e. The van der Waals surface area contributed by atoms with E-state index >= 15 is 0 Å². The van der Waals surface area contributed by atoms with Gasteiger partial charge in [-0.1, -0.05) is 30.3 Å². The van der Waals surface area contributed by atoms with Crippen molar-refractivity contribution in [2.75, 3.05) is 0 Å². The van der Waals surface area contributed by atoms with E-state index in [9.17, 15) is 9.59 Å². The van der Waals surface area contributed by atoms with E-state index < -0.39 is 0 Å². The zero-order chi connectivity index (χ0) is 18.0. The van der Waals surface area contributed by atoms with E-state index in [0.29, 0.717) is 12.2 Å². The summed E-state index contributed by atoms with van der Waals surface area (Å²) in [5, 5.41) is 0.774. The monoisotopic (exact) mass is 335 g/mol. The summed E-state index contributed by atoms with van der Waals surface area (Å²) in [6.07, 6.45) is 1.64. The SMILES string of the molecule is CC(C)N(Cc1ccccc1)C(=O)c1cc2cccnc2n(C)c1=O. The van der Waals surface area contributed by atoms with Gasteiger partial charge in [0.25, 0.3) is 11.5 Å². The van der Waals surface area contributed by atoms with E-state index in [1.807, 2.05) is 50.2 Å². The smallest absolute Gasteiger partial charge is 0.264 e. The molecule has 0 N–H and O–H groups in total. The molecular formula is C20H21N3O2.